The lowest BCUT2D eigenvalue weighted by Crippen LogP contribution is -2.01. The molecule has 0 aromatic heterocycles. The topological polar surface area (TPSA) is 26.3 Å². The molecule has 11 heavy (non-hydrogen) atoms. The second-order valence-corrected chi connectivity index (χ2v) is 3.49. The van der Waals surface area contributed by atoms with E-state index in [1.807, 2.05) is 0 Å². The number of rotatable bonds is 2. The van der Waals surface area contributed by atoms with Gasteiger partial charge in [0.1, 0.15) is 5.82 Å². The van der Waals surface area contributed by atoms with Crippen molar-refractivity contribution in [3.8, 4) is 0 Å². The van der Waals surface area contributed by atoms with Crippen molar-refractivity contribution in [2.24, 2.45) is 0 Å². The van der Waals surface area contributed by atoms with Gasteiger partial charge in [0, 0.05) is 7.11 Å². The number of halogens is 1. The molecule has 1 atom stereocenters. The predicted octanol–water partition coefficient (Wildman–Crippen LogP) is 1.57. The maximum Gasteiger partial charge on any atom is 0.223 e. The molecule has 0 aliphatic rings. The minimum Gasteiger partial charge on any atom is -0.331 e. The molecule has 0 amide bonds. The minimum absolute atomic E-state index is 0.153. The Morgan fingerprint density at radius 2 is 2.09 bits per heavy atom. The van der Waals surface area contributed by atoms with E-state index in [2.05, 4.69) is 4.52 Å². The van der Waals surface area contributed by atoms with Crippen LogP contribution >= 0.6 is 8.03 Å². The second-order valence-electron chi connectivity index (χ2n) is 1.97. The number of hydrogen-bond acceptors (Lipinski definition) is 2. The third-order valence-electron chi connectivity index (χ3n) is 1.28. The third-order valence-corrected chi connectivity index (χ3v) is 2.50. The molecule has 0 N–H and O–H groups in total. The van der Waals surface area contributed by atoms with Crippen LogP contribution in [-0.4, -0.2) is 7.11 Å². The lowest BCUT2D eigenvalue weighted by atomic mass is 10.3. The van der Waals surface area contributed by atoms with Gasteiger partial charge in [0.25, 0.3) is 0 Å². The molecule has 0 saturated heterocycles. The van der Waals surface area contributed by atoms with Crippen LogP contribution in [0.2, 0.25) is 0 Å². The zero-order valence-electron chi connectivity index (χ0n) is 6.00. The summed E-state index contributed by atoms with van der Waals surface area (Å²) in [6.07, 6.45) is 0. The summed E-state index contributed by atoms with van der Waals surface area (Å²) < 4.78 is 28.3. The minimum atomic E-state index is -2.36. The second kappa shape index (κ2) is 3.65. The van der Waals surface area contributed by atoms with Gasteiger partial charge in [-0.3, -0.25) is 4.57 Å². The van der Waals surface area contributed by atoms with E-state index < -0.39 is 13.8 Å². The lowest BCUT2D eigenvalue weighted by molar-refractivity contribution is 0.422. The summed E-state index contributed by atoms with van der Waals surface area (Å²) >= 11 is 0. The molecule has 1 aromatic rings. The molecule has 0 spiro atoms. The van der Waals surface area contributed by atoms with Crippen LogP contribution < -0.4 is 5.30 Å². The van der Waals surface area contributed by atoms with Gasteiger partial charge in [0.15, 0.2) is 0 Å². The van der Waals surface area contributed by atoms with Crippen LogP contribution in [-0.2, 0) is 9.09 Å². The maximum atomic E-state index is 12.8. The fraction of sp³-hybridized carbons (Fsp3) is 0.143. The van der Waals surface area contributed by atoms with Gasteiger partial charge >= 0.3 is 0 Å². The summed E-state index contributed by atoms with van der Waals surface area (Å²) in [5.41, 5.74) is 0. The van der Waals surface area contributed by atoms with Crippen molar-refractivity contribution >= 4 is 13.3 Å². The molecular formula is C7H8FO2P. The van der Waals surface area contributed by atoms with Gasteiger partial charge in [-0.05, 0) is 12.1 Å². The molecule has 0 fully saturated rings. The summed E-state index contributed by atoms with van der Waals surface area (Å²) in [6.45, 7) is 0. The lowest BCUT2D eigenvalue weighted by Gasteiger charge is -1.99. The van der Waals surface area contributed by atoms with Crippen LogP contribution in [0.25, 0.3) is 0 Å². The van der Waals surface area contributed by atoms with Crippen molar-refractivity contribution < 1.29 is 13.5 Å². The number of hydrogen-bond donors (Lipinski definition) is 0. The molecule has 4 heteroatoms. The van der Waals surface area contributed by atoms with Crippen LogP contribution in [0.1, 0.15) is 0 Å². The third kappa shape index (κ3) is 1.88. The highest BCUT2D eigenvalue weighted by Crippen LogP contribution is 2.20. The van der Waals surface area contributed by atoms with Gasteiger partial charge in [-0.2, -0.15) is 0 Å². The highest BCUT2D eigenvalue weighted by molar-refractivity contribution is 7.48. The van der Waals surface area contributed by atoms with Crippen LogP contribution in [0.3, 0.4) is 0 Å². The smallest absolute Gasteiger partial charge is 0.223 e. The van der Waals surface area contributed by atoms with E-state index in [0.29, 0.717) is 0 Å². The first-order chi connectivity index (χ1) is 5.25. The van der Waals surface area contributed by atoms with Gasteiger partial charge in [-0.25, -0.2) is 4.39 Å². The normalized spacial score (nSPS) is 12.9. The maximum absolute atomic E-state index is 12.8. The average molecular weight is 174 g/mol. The number of benzene rings is 1. The van der Waals surface area contributed by atoms with Crippen LogP contribution in [0, 0.1) is 5.82 Å². The molecule has 1 aromatic carbocycles. The predicted molar refractivity (Wildman–Crippen MR) is 42.0 cm³/mol. The standard InChI is InChI=1S/C7H8FO2P/c1-10-11(9)7-5-3-2-4-6(7)8/h2-5,11H,1H3. The monoisotopic (exact) mass is 174 g/mol. The Morgan fingerprint density at radius 1 is 1.45 bits per heavy atom. The first-order valence-electron chi connectivity index (χ1n) is 3.08. The molecule has 2 nitrogen and oxygen atoms in total. The van der Waals surface area contributed by atoms with E-state index in [1.165, 1.54) is 19.2 Å². The molecule has 0 heterocycles. The van der Waals surface area contributed by atoms with E-state index in [9.17, 15) is 8.96 Å². The molecule has 1 unspecified atom stereocenters. The fourth-order valence-electron chi connectivity index (χ4n) is 0.737. The van der Waals surface area contributed by atoms with Crippen molar-refractivity contribution in [1.82, 2.24) is 0 Å². The molecule has 60 valence electrons. The van der Waals surface area contributed by atoms with E-state index in [1.54, 1.807) is 12.1 Å². The SMILES string of the molecule is CO[PH](=O)c1ccccc1F. The zero-order valence-corrected chi connectivity index (χ0v) is 7.00. The highest BCUT2D eigenvalue weighted by Gasteiger charge is 2.06. The molecule has 0 aliphatic carbocycles. The highest BCUT2D eigenvalue weighted by atomic mass is 31.1. The first kappa shape index (κ1) is 8.44. The summed E-state index contributed by atoms with van der Waals surface area (Å²) in [7, 11) is -1.06. The summed E-state index contributed by atoms with van der Waals surface area (Å²) in [4.78, 5) is 0. The largest absolute Gasteiger partial charge is 0.331 e. The average Bonchev–Trinajstić information content (AvgIpc) is 2.04. The Bertz CT molecular complexity index is 275. The molecule has 0 saturated carbocycles. The Balaban J connectivity index is 3.03. The Labute approximate surface area is 64.9 Å². The van der Waals surface area contributed by atoms with Crippen LogP contribution in [0.4, 0.5) is 4.39 Å². The van der Waals surface area contributed by atoms with Crippen LogP contribution in [0.15, 0.2) is 24.3 Å². The summed E-state index contributed by atoms with van der Waals surface area (Å²) in [6, 6.07) is 5.89. The van der Waals surface area contributed by atoms with E-state index in [4.69, 9.17) is 0 Å². The molecule has 1 rings (SSSR count). The van der Waals surface area contributed by atoms with Crippen molar-refractivity contribution in [2.45, 2.75) is 0 Å². The quantitative estimate of drug-likeness (QED) is 0.636. The van der Waals surface area contributed by atoms with Crippen LogP contribution in [0.5, 0.6) is 0 Å². The van der Waals surface area contributed by atoms with Gasteiger partial charge < -0.3 is 4.52 Å². The summed E-state index contributed by atoms with van der Waals surface area (Å²) in [5.74, 6) is -0.474. The Hall–Kier alpha value is -0.660. The van der Waals surface area contributed by atoms with Gasteiger partial charge in [-0.15, -0.1) is 0 Å². The summed E-state index contributed by atoms with van der Waals surface area (Å²) in [5, 5.41) is 0.153. The molecular weight excluding hydrogens is 166 g/mol. The molecule has 0 radical (unpaired) electrons. The molecule has 0 bridgehead atoms. The van der Waals surface area contributed by atoms with Crippen molar-refractivity contribution in [1.29, 1.82) is 0 Å². The molecule has 0 aliphatic heterocycles. The Kier molecular flexibility index (Phi) is 2.80. The Morgan fingerprint density at radius 3 is 2.64 bits per heavy atom. The van der Waals surface area contributed by atoms with Gasteiger partial charge in [0.2, 0.25) is 8.03 Å². The van der Waals surface area contributed by atoms with Gasteiger partial charge in [-0.1, -0.05) is 12.1 Å². The zero-order chi connectivity index (χ0) is 8.27. The van der Waals surface area contributed by atoms with Crippen molar-refractivity contribution in [2.75, 3.05) is 7.11 Å². The fourth-order valence-corrected chi connectivity index (χ4v) is 1.47. The van der Waals surface area contributed by atoms with E-state index in [-0.39, 0.29) is 5.30 Å². The van der Waals surface area contributed by atoms with Gasteiger partial charge in [0.05, 0.1) is 5.30 Å². The first-order valence-corrected chi connectivity index (χ1v) is 4.40. The van der Waals surface area contributed by atoms with Crippen molar-refractivity contribution in [3.05, 3.63) is 30.1 Å². The van der Waals surface area contributed by atoms with E-state index >= 15 is 0 Å². The van der Waals surface area contributed by atoms with Crippen molar-refractivity contribution in [3.63, 3.8) is 0 Å². The van der Waals surface area contributed by atoms with E-state index in [0.717, 1.165) is 0 Å².